The molecule has 0 aliphatic rings. The first-order chi connectivity index (χ1) is 10.8. The Balaban J connectivity index is 1.97. The van der Waals surface area contributed by atoms with Crippen LogP contribution in [0.25, 0.3) is 0 Å². The van der Waals surface area contributed by atoms with Crippen molar-refractivity contribution in [2.45, 2.75) is 26.2 Å². The molecule has 1 aromatic carbocycles. The van der Waals surface area contributed by atoms with E-state index in [4.69, 9.17) is 0 Å². The molecule has 1 amide bonds. The molecule has 6 heteroatoms. The Kier molecular flexibility index (Phi) is 4.83. The van der Waals surface area contributed by atoms with Gasteiger partial charge < -0.3 is 4.90 Å². The molecule has 23 heavy (non-hydrogen) atoms. The van der Waals surface area contributed by atoms with Crippen LogP contribution in [-0.2, 0) is 5.41 Å². The summed E-state index contributed by atoms with van der Waals surface area (Å²) in [5, 5.41) is 10.9. The number of nitrogens with zero attached hydrogens (tertiary/aromatic N) is 3. The number of benzene rings is 1. The molecular formula is C17H23N5O. The number of carbonyl (C=O) groups excluding carboxylic acids is 1. The lowest BCUT2D eigenvalue weighted by atomic mass is 9.92. The summed E-state index contributed by atoms with van der Waals surface area (Å²) in [4.78, 5) is 14.0. The van der Waals surface area contributed by atoms with Crippen molar-refractivity contribution in [1.29, 1.82) is 0 Å². The van der Waals surface area contributed by atoms with Gasteiger partial charge in [0.25, 0.3) is 5.91 Å². The molecule has 1 aromatic heterocycles. The number of aromatic nitrogens is 2. The van der Waals surface area contributed by atoms with Crippen LogP contribution in [0.1, 0.15) is 42.5 Å². The van der Waals surface area contributed by atoms with Crippen LogP contribution in [0.5, 0.6) is 0 Å². The molecular weight excluding hydrogens is 290 g/mol. The molecule has 2 rings (SSSR count). The van der Waals surface area contributed by atoms with Crippen molar-refractivity contribution in [2.75, 3.05) is 19.0 Å². The lowest BCUT2D eigenvalue weighted by molar-refractivity contribution is 0.0950. The number of amides is 1. The highest BCUT2D eigenvalue weighted by Gasteiger charge is 2.19. The number of anilines is 1. The highest BCUT2D eigenvalue weighted by molar-refractivity contribution is 5.93. The second-order valence-electron chi connectivity index (χ2n) is 6.60. The van der Waals surface area contributed by atoms with E-state index in [2.05, 4.69) is 41.5 Å². The Morgan fingerprint density at radius 2 is 1.91 bits per heavy atom. The maximum Gasteiger partial charge on any atom is 0.291 e. The van der Waals surface area contributed by atoms with Gasteiger partial charge in [0, 0.05) is 30.9 Å². The van der Waals surface area contributed by atoms with Gasteiger partial charge in [0.1, 0.15) is 0 Å². The second-order valence-corrected chi connectivity index (χ2v) is 6.60. The third-order valence-electron chi connectivity index (χ3n) is 3.41. The van der Waals surface area contributed by atoms with Crippen LogP contribution >= 0.6 is 0 Å². The van der Waals surface area contributed by atoms with Crippen LogP contribution in [0, 0.1) is 0 Å². The van der Waals surface area contributed by atoms with Crippen LogP contribution in [0.4, 0.5) is 5.69 Å². The molecule has 122 valence electrons. The quantitative estimate of drug-likeness (QED) is 0.673. The highest BCUT2D eigenvalue weighted by Crippen LogP contribution is 2.20. The Morgan fingerprint density at radius 1 is 1.26 bits per heavy atom. The normalized spacial score (nSPS) is 11.7. The lowest BCUT2D eigenvalue weighted by Gasteiger charge is -2.14. The Labute approximate surface area is 136 Å². The van der Waals surface area contributed by atoms with Gasteiger partial charge in [-0.25, -0.2) is 5.43 Å². The van der Waals surface area contributed by atoms with Gasteiger partial charge in [-0.15, -0.1) is 0 Å². The summed E-state index contributed by atoms with van der Waals surface area (Å²) in [5.74, 6) is -0.335. The van der Waals surface area contributed by atoms with Crippen molar-refractivity contribution in [3.63, 3.8) is 0 Å². The Morgan fingerprint density at radius 3 is 2.43 bits per heavy atom. The molecule has 0 spiro atoms. The summed E-state index contributed by atoms with van der Waals surface area (Å²) < 4.78 is 0. The van der Waals surface area contributed by atoms with Crippen molar-refractivity contribution < 1.29 is 4.79 Å². The third-order valence-corrected chi connectivity index (χ3v) is 3.41. The maximum atomic E-state index is 12.0. The number of nitrogens with one attached hydrogen (secondary N) is 2. The predicted octanol–water partition coefficient (Wildman–Crippen LogP) is 2.54. The summed E-state index contributed by atoms with van der Waals surface area (Å²) >= 11 is 0. The van der Waals surface area contributed by atoms with Crippen molar-refractivity contribution >= 4 is 17.8 Å². The van der Waals surface area contributed by atoms with Gasteiger partial charge in [-0.05, 0) is 23.8 Å². The smallest absolute Gasteiger partial charge is 0.291 e. The van der Waals surface area contributed by atoms with E-state index in [1.54, 1.807) is 12.3 Å². The minimum atomic E-state index is -0.335. The van der Waals surface area contributed by atoms with Crippen molar-refractivity contribution in [1.82, 2.24) is 15.6 Å². The molecule has 0 saturated heterocycles. The van der Waals surface area contributed by atoms with Gasteiger partial charge in [0.05, 0.1) is 6.21 Å². The number of H-pyrrole nitrogens is 1. The summed E-state index contributed by atoms with van der Waals surface area (Å²) in [7, 11) is 3.97. The number of aromatic amines is 1. The number of hydrogen-bond donors (Lipinski definition) is 2. The van der Waals surface area contributed by atoms with E-state index < -0.39 is 0 Å². The summed E-state index contributed by atoms with van der Waals surface area (Å²) in [6.45, 7) is 6.16. The number of rotatable bonds is 4. The average molecular weight is 313 g/mol. The molecule has 0 aliphatic carbocycles. The van der Waals surface area contributed by atoms with E-state index in [-0.39, 0.29) is 11.3 Å². The van der Waals surface area contributed by atoms with Crippen LogP contribution < -0.4 is 10.3 Å². The largest absolute Gasteiger partial charge is 0.378 e. The summed E-state index contributed by atoms with van der Waals surface area (Å²) in [5.41, 5.74) is 5.66. The predicted molar refractivity (Wildman–Crippen MR) is 93.1 cm³/mol. The second kappa shape index (κ2) is 6.64. The van der Waals surface area contributed by atoms with Gasteiger partial charge >= 0.3 is 0 Å². The van der Waals surface area contributed by atoms with E-state index in [0.717, 1.165) is 16.9 Å². The fraction of sp³-hybridized carbons (Fsp3) is 0.353. The maximum absolute atomic E-state index is 12.0. The fourth-order valence-electron chi connectivity index (χ4n) is 1.90. The van der Waals surface area contributed by atoms with Gasteiger partial charge in [0.2, 0.25) is 0 Å². The minimum Gasteiger partial charge on any atom is -0.378 e. The van der Waals surface area contributed by atoms with Crippen LogP contribution in [-0.4, -0.2) is 36.4 Å². The molecule has 0 bridgehead atoms. The summed E-state index contributed by atoms with van der Waals surface area (Å²) in [6, 6.07) is 9.62. The SMILES string of the molecule is CN(C)c1ccc(/C=N\NC(=O)c2cc(C(C)(C)C)[nH]n2)cc1. The summed E-state index contributed by atoms with van der Waals surface area (Å²) in [6.07, 6.45) is 1.61. The van der Waals surface area contributed by atoms with Crippen molar-refractivity contribution in [3.05, 3.63) is 47.3 Å². The number of hydrazone groups is 1. The van der Waals surface area contributed by atoms with E-state index in [0.29, 0.717) is 5.69 Å². The van der Waals surface area contributed by atoms with Crippen LogP contribution in [0.2, 0.25) is 0 Å². The number of carbonyl (C=O) groups is 1. The van der Waals surface area contributed by atoms with Gasteiger partial charge in [-0.2, -0.15) is 10.2 Å². The molecule has 0 radical (unpaired) electrons. The first-order valence-electron chi connectivity index (χ1n) is 7.44. The molecule has 0 atom stereocenters. The number of hydrogen-bond acceptors (Lipinski definition) is 4. The monoisotopic (exact) mass is 313 g/mol. The molecule has 0 fully saturated rings. The van der Waals surface area contributed by atoms with E-state index in [1.165, 1.54) is 0 Å². The molecule has 0 aliphatic heterocycles. The van der Waals surface area contributed by atoms with E-state index in [1.807, 2.05) is 43.3 Å². The minimum absolute atomic E-state index is 0.0804. The Hall–Kier alpha value is -2.63. The fourth-order valence-corrected chi connectivity index (χ4v) is 1.90. The van der Waals surface area contributed by atoms with Gasteiger partial charge in [0.15, 0.2) is 5.69 Å². The standard InChI is InChI=1S/C17H23N5O/c1-17(2,3)15-10-14(19-20-15)16(23)21-18-11-12-6-8-13(9-7-12)22(4)5/h6-11H,1-5H3,(H,19,20)(H,21,23)/b18-11-. The zero-order valence-electron chi connectivity index (χ0n) is 14.2. The Bertz CT molecular complexity index is 693. The average Bonchev–Trinajstić information content (AvgIpc) is 2.97. The van der Waals surface area contributed by atoms with E-state index >= 15 is 0 Å². The zero-order chi connectivity index (χ0) is 17.0. The lowest BCUT2D eigenvalue weighted by Crippen LogP contribution is -2.18. The molecule has 0 unspecified atom stereocenters. The third kappa shape index (κ3) is 4.42. The van der Waals surface area contributed by atoms with Crippen molar-refractivity contribution in [3.8, 4) is 0 Å². The van der Waals surface area contributed by atoms with Crippen molar-refractivity contribution in [2.24, 2.45) is 5.10 Å². The molecule has 1 heterocycles. The first kappa shape index (κ1) is 16.7. The zero-order valence-corrected chi connectivity index (χ0v) is 14.2. The van der Waals surface area contributed by atoms with Crippen LogP contribution in [0.15, 0.2) is 35.4 Å². The van der Waals surface area contributed by atoms with Crippen LogP contribution in [0.3, 0.4) is 0 Å². The molecule has 0 saturated carbocycles. The topological polar surface area (TPSA) is 73.4 Å². The van der Waals surface area contributed by atoms with Gasteiger partial charge in [-0.3, -0.25) is 9.89 Å². The van der Waals surface area contributed by atoms with E-state index in [9.17, 15) is 4.79 Å². The molecule has 6 nitrogen and oxygen atoms in total. The first-order valence-corrected chi connectivity index (χ1v) is 7.44. The molecule has 2 aromatic rings. The van der Waals surface area contributed by atoms with Gasteiger partial charge in [-0.1, -0.05) is 32.9 Å². The molecule has 2 N–H and O–H groups in total. The highest BCUT2D eigenvalue weighted by atomic mass is 16.2.